The lowest BCUT2D eigenvalue weighted by atomic mass is 9.99. The van der Waals surface area contributed by atoms with E-state index in [4.69, 9.17) is 9.47 Å². The molecular formula is C9H20O2. The zero-order chi connectivity index (χ0) is 8.91. The van der Waals surface area contributed by atoms with Crippen LogP contribution in [0.25, 0.3) is 0 Å². The maximum Gasteiger partial charge on any atom is 0.156 e. The van der Waals surface area contributed by atoms with Gasteiger partial charge in [0.25, 0.3) is 0 Å². The van der Waals surface area contributed by atoms with Crippen LogP contribution >= 0.6 is 0 Å². The number of rotatable bonds is 4. The Hall–Kier alpha value is -0.0800. The first-order chi connectivity index (χ1) is 4.99. The van der Waals surface area contributed by atoms with Gasteiger partial charge in [-0.1, -0.05) is 27.7 Å². The van der Waals surface area contributed by atoms with Crippen LogP contribution in [0.2, 0.25) is 0 Å². The molecule has 68 valence electrons. The quantitative estimate of drug-likeness (QED) is 0.588. The molecule has 2 heteroatoms. The third kappa shape index (κ3) is 6.32. The fourth-order valence-electron chi connectivity index (χ4n) is 0.696. The van der Waals surface area contributed by atoms with Gasteiger partial charge in [0.15, 0.2) is 6.29 Å². The first kappa shape index (κ1) is 10.9. The first-order valence-electron chi connectivity index (χ1n) is 4.14. The Labute approximate surface area is 69.9 Å². The molecule has 1 atom stereocenters. The zero-order valence-corrected chi connectivity index (χ0v) is 8.31. The molecule has 0 aliphatic heterocycles. The smallest absolute Gasteiger partial charge is 0.156 e. The van der Waals surface area contributed by atoms with Crippen LogP contribution in [0.15, 0.2) is 0 Å². The van der Waals surface area contributed by atoms with E-state index in [9.17, 15) is 0 Å². The minimum Gasteiger partial charge on any atom is -0.356 e. The number of hydrogen-bond acceptors (Lipinski definition) is 2. The Morgan fingerprint density at radius 3 is 2.09 bits per heavy atom. The second-order valence-electron chi connectivity index (χ2n) is 3.95. The number of methoxy groups -OCH3 is 1. The maximum atomic E-state index is 5.48. The standard InChI is InChI=1S/C9H20O2/c1-6-8(10-5)11-7-9(2,3)4/h8H,6-7H2,1-5H3. The minimum atomic E-state index is -0.0331. The third-order valence-electron chi connectivity index (χ3n) is 1.30. The van der Waals surface area contributed by atoms with E-state index in [2.05, 4.69) is 27.7 Å². The Bertz CT molecular complexity index is 90.2. The summed E-state index contributed by atoms with van der Waals surface area (Å²) >= 11 is 0. The summed E-state index contributed by atoms with van der Waals surface area (Å²) in [4.78, 5) is 0. The second-order valence-corrected chi connectivity index (χ2v) is 3.95. The van der Waals surface area contributed by atoms with E-state index in [1.54, 1.807) is 7.11 Å². The van der Waals surface area contributed by atoms with Crippen molar-refractivity contribution in [2.45, 2.75) is 40.4 Å². The van der Waals surface area contributed by atoms with Crippen molar-refractivity contribution in [1.82, 2.24) is 0 Å². The van der Waals surface area contributed by atoms with Crippen LogP contribution in [-0.4, -0.2) is 20.0 Å². The topological polar surface area (TPSA) is 18.5 Å². The van der Waals surface area contributed by atoms with Crippen LogP contribution in [-0.2, 0) is 9.47 Å². The van der Waals surface area contributed by atoms with Gasteiger partial charge < -0.3 is 9.47 Å². The van der Waals surface area contributed by atoms with Gasteiger partial charge in [0.05, 0.1) is 6.61 Å². The fraction of sp³-hybridized carbons (Fsp3) is 1.00. The van der Waals surface area contributed by atoms with Crippen molar-refractivity contribution in [1.29, 1.82) is 0 Å². The highest BCUT2D eigenvalue weighted by atomic mass is 16.7. The Balaban J connectivity index is 3.51. The van der Waals surface area contributed by atoms with E-state index < -0.39 is 0 Å². The van der Waals surface area contributed by atoms with Crippen molar-refractivity contribution in [2.75, 3.05) is 13.7 Å². The SMILES string of the molecule is CCC(OC)OCC(C)(C)C. The Morgan fingerprint density at radius 2 is 1.82 bits per heavy atom. The van der Waals surface area contributed by atoms with Crippen molar-refractivity contribution >= 4 is 0 Å². The van der Waals surface area contributed by atoms with E-state index in [1.807, 2.05) is 0 Å². The average Bonchev–Trinajstić information content (AvgIpc) is 1.88. The molecule has 0 aromatic carbocycles. The molecule has 0 aliphatic carbocycles. The van der Waals surface area contributed by atoms with Gasteiger partial charge in [0.2, 0.25) is 0 Å². The molecule has 0 radical (unpaired) electrons. The highest BCUT2D eigenvalue weighted by Gasteiger charge is 2.13. The van der Waals surface area contributed by atoms with Crippen LogP contribution in [0.5, 0.6) is 0 Å². The lowest BCUT2D eigenvalue weighted by Crippen LogP contribution is -2.22. The van der Waals surface area contributed by atoms with Gasteiger partial charge in [0, 0.05) is 7.11 Å². The molecule has 0 aromatic rings. The van der Waals surface area contributed by atoms with Crippen molar-refractivity contribution in [3.05, 3.63) is 0 Å². The van der Waals surface area contributed by atoms with Crippen LogP contribution in [0, 0.1) is 5.41 Å². The van der Waals surface area contributed by atoms with E-state index in [-0.39, 0.29) is 11.7 Å². The fourth-order valence-corrected chi connectivity index (χ4v) is 0.696. The normalized spacial score (nSPS) is 15.0. The molecule has 0 spiro atoms. The first-order valence-corrected chi connectivity index (χ1v) is 4.14. The average molecular weight is 160 g/mol. The number of ether oxygens (including phenoxy) is 2. The molecule has 0 saturated carbocycles. The van der Waals surface area contributed by atoms with Crippen molar-refractivity contribution in [3.63, 3.8) is 0 Å². The summed E-state index contributed by atoms with van der Waals surface area (Å²) in [5.74, 6) is 0. The molecule has 0 N–H and O–H groups in total. The minimum absolute atomic E-state index is 0.0331. The van der Waals surface area contributed by atoms with Gasteiger partial charge in [-0.3, -0.25) is 0 Å². The largest absolute Gasteiger partial charge is 0.356 e. The van der Waals surface area contributed by atoms with Crippen molar-refractivity contribution < 1.29 is 9.47 Å². The summed E-state index contributed by atoms with van der Waals surface area (Å²) in [7, 11) is 1.68. The zero-order valence-electron chi connectivity index (χ0n) is 8.31. The Kier molecular flexibility index (Phi) is 4.69. The predicted molar refractivity (Wildman–Crippen MR) is 46.5 cm³/mol. The van der Waals surface area contributed by atoms with Crippen molar-refractivity contribution in [3.8, 4) is 0 Å². The predicted octanol–water partition coefficient (Wildman–Crippen LogP) is 2.43. The van der Waals surface area contributed by atoms with Gasteiger partial charge in [-0.25, -0.2) is 0 Å². The lowest BCUT2D eigenvalue weighted by molar-refractivity contribution is -0.140. The molecule has 0 heterocycles. The molecule has 2 nitrogen and oxygen atoms in total. The lowest BCUT2D eigenvalue weighted by Gasteiger charge is -2.22. The molecule has 0 aromatic heterocycles. The summed E-state index contributed by atoms with van der Waals surface area (Å²) in [6.45, 7) is 9.25. The van der Waals surface area contributed by atoms with Gasteiger partial charge in [-0.2, -0.15) is 0 Å². The molecule has 0 bridgehead atoms. The van der Waals surface area contributed by atoms with Crippen LogP contribution in [0.4, 0.5) is 0 Å². The van der Waals surface area contributed by atoms with Crippen molar-refractivity contribution in [2.24, 2.45) is 5.41 Å². The summed E-state index contributed by atoms with van der Waals surface area (Å²) in [5, 5.41) is 0. The van der Waals surface area contributed by atoms with E-state index in [0.29, 0.717) is 0 Å². The molecule has 0 saturated heterocycles. The second kappa shape index (κ2) is 4.73. The maximum absolute atomic E-state index is 5.48. The molecular weight excluding hydrogens is 140 g/mol. The van der Waals surface area contributed by atoms with Crippen LogP contribution < -0.4 is 0 Å². The summed E-state index contributed by atoms with van der Waals surface area (Å²) in [6, 6.07) is 0. The highest BCUT2D eigenvalue weighted by molar-refractivity contribution is 4.59. The molecule has 0 rings (SSSR count). The Morgan fingerprint density at radius 1 is 1.27 bits per heavy atom. The molecule has 0 fully saturated rings. The van der Waals surface area contributed by atoms with Crippen LogP contribution in [0.3, 0.4) is 0 Å². The molecule has 1 unspecified atom stereocenters. The summed E-state index contributed by atoms with van der Waals surface area (Å²) < 4.78 is 10.6. The highest BCUT2D eigenvalue weighted by Crippen LogP contribution is 2.14. The van der Waals surface area contributed by atoms with E-state index in [1.165, 1.54) is 0 Å². The number of hydrogen-bond donors (Lipinski definition) is 0. The van der Waals surface area contributed by atoms with E-state index >= 15 is 0 Å². The van der Waals surface area contributed by atoms with Gasteiger partial charge >= 0.3 is 0 Å². The third-order valence-corrected chi connectivity index (χ3v) is 1.30. The molecule has 11 heavy (non-hydrogen) atoms. The van der Waals surface area contributed by atoms with Gasteiger partial charge in [-0.15, -0.1) is 0 Å². The molecule has 0 amide bonds. The van der Waals surface area contributed by atoms with Gasteiger partial charge in [0.1, 0.15) is 0 Å². The van der Waals surface area contributed by atoms with Gasteiger partial charge in [-0.05, 0) is 11.8 Å². The summed E-state index contributed by atoms with van der Waals surface area (Å²) in [6.07, 6.45) is 0.876. The van der Waals surface area contributed by atoms with Crippen LogP contribution in [0.1, 0.15) is 34.1 Å². The summed E-state index contributed by atoms with van der Waals surface area (Å²) in [5.41, 5.74) is 0.228. The van der Waals surface area contributed by atoms with E-state index in [0.717, 1.165) is 13.0 Å². The monoisotopic (exact) mass is 160 g/mol. The molecule has 0 aliphatic rings.